The summed E-state index contributed by atoms with van der Waals surface area (Å²) in [6.07, 6.45) is 4.94. The van der Waals surface area contributed by atoms with E-state index in [9.17, 15) is 4.79 Å². The van der Waals surface area contributed by atoms with Crippen LogP contribution in [0.3, 0.4) is 0 Å². The second-order valence-corrected chi connectivity index (χ2v) is 3.89. The summed E-state index contributed by atoms with van der Waals surface area (Å²) < 4.78 is 1.67. The number of para-hydroxylation sites is 1. The molecule has 0 fully saturated rings. The summed E-state index contributed by atoms with van der Waals surface area (Å²) in [6, 6.07) is 9.33. The average Bonchev–Trinajstić information content (AvgIpc) is 2.91. The van der Waals surface area contributed by atoms with Crippen molar-refractivity contribution in [2.24, 2.45) is 5.73 Å². The number of rotatable bonds is 2. The van der Waals surface area contributed by atoms with Gasteiger partial charge in [0.2, 0.25) is 0 Å². The van der Waals surface area contributed by atoms with Crippen molar-refractivity contribution in [2.75, 3.05) is 0 Å². The maximum Gasteiger partial charge on any atom is 0.252 e. The predicted molar refractivity (Wildman–Crippen MR) is 67.4 cm³/mol. The topological polar surface area (TPSA) is 73.8 Å². The zero-order valence-electron chi connectivity index (χ0n) is 9.45. The van der Waals surface area contributed by atoms with Gasteiger partial charge in [0.25, 0.3) is 5.91 Å². The average molecular weight is 238 g/mol. The fraction of sp³-hybridized carbons (Fsp3) is 0. The quantitative estimate of drug-likeness (QED) is 0.735. The van der Waals surface area contributed by atoms with Gasteiger partial charge in [0.15, 0.2) is 5.82 Å². The first-order valence-electron chi connectivity index (χ1n) is 5.43. The Bertz CT molecular complexity index is 719. The van der Waals surface area contributed by atoms with Crippen LogP contribution in [0, 0.1) is 0 Å². The number of amides is 1. The van der Waals surface area contributed by atoms with Crippen LogP contribution in [-0.2, 0) is 0 Å². The van der Waals surface area contributed by atoms with Gasteiger partial charge in [-0.1, -0.05) is 18.2 Å². The number of benzene rings is 1. The predicted octanol–water partition coefficient (Wildman–Crippen LogP) is 1.52. The second kappa shape index (κ2) is 3.96. The van der Waals surface area contributed by atoms with E-state index in [0.29, 0.717) is 11.4 Å². The Labute approximate surface area is 103 Å². The van der Waals surface area contributed by atoms with Crippen molar-refractivity contribution in [3.05, 3.63) is 54.6 Å². The van der Waals surface area contributed by atoms with Crippen molar-refractivity contribution in [3.63, 3.8) is 0 Å². The molecule has 1 amide bonds. The molecule has 0 radical (unpaired) electrons. The Morgan fingerprint density at radius 2 is 2.11 bits per heavy atom. The Morgan fingerprint density at radius 1 is 1.28 bits per heavy atom. The summed E-state index contributed by atoms with van der Waals surface area (Å²) in [6.45, 7) is 0. The van der Waals surface area contributed by atoms with E-state index in [1.807, 2.05) is 24.3 Å². The number of imidazole rings is 1. The first kappa shape index (κ1) is 10.5. The van der Waals surface area contributed by atoms with Gasteiger partial charge in [-0.3, -0.25) is 9.36 Å². The normalized spacial score (nSPS) is 10.7. The maximum absolute atomic E-state index is 11.5. The van der Waals surface area contributed by atoms with Gasteiger partial charge in [0.1, 0.15) is 6.33 Å². The van der Waals surface area contributed by atoms with Crippen molar-refractivity contribution in [1.29, 1.82) is 0 Å². The highest BCUT2D eigenvalue weighted by atomic mass is 16.1. The fourth-order valence-electron chi connectivity index (χ4n) is 1.87. The van der Waals surface area contributed by atoms with Crippen molar-refractivity contribution in [1.82, 2.24) is 14.5 Å². The number of nitrogens with zero attached hydrogens (tertiary/aromatic N) is 3. The molecule has 2 heterocycles. The molecule has 2 aromatic heterocycles. The lowest BCUT2D eigenvalue weighted by atomic mass is 10.1. The molecule has 0 bridgehead atoms. The molecule has 3 aromatic rings. The SMILES string of the molecule is NC(=O)c1cc2ccccc2nc1-n1ccnc1. The Morgan fingerprint density at radius 3 is 2.83 bits per heavy atom. The zero-order chi connectivity index (χ0) is 12.5. The summed E-state index contributed by atoms with van der Waals surface area (Å²) in [5.41, 5.74) is 6.59. The number of fused-ring (bicyclic) bond motifs is 1. The highest BCUT2D eigenvalue weighted by molar-refractivity contribution is 5.99. The molecule has 0 saturated heterocycles. The molecule has 0 aliphatic carbocycles. The van der Waals surface area contributed by atoms with Gasteiger partial charge in [-0.05, 0) is 12.1 Å². The molecule has 2 N–H and O–H groups in total. The highest BCUT2D eigenvalue weighted by Gasteiger charge is 2.12. The van der Waals surface area contributed by atoms with E-state index in [1.54, 1.807) is 29.4 Å². The van der Waals surface area contributed by atoms with E-state index in [1.165, 1.54) is 0 Å². The molecular formula is C13H10N4O. The van der Waals surface area contributed by atoms with Gasteiger partial charge in [0.05, 0.1) is 11.1 Å². The third-order valence-corrected chi connectivity index (χ3v) is 2.72. The molecule has 18 heavy (non-hydrogen) atoms. The van der Waals surface area contributed by atoms with Gasteiger partial charge < -0.3 is 5.73 Å². The van der Waals surface area contributed by atoms with E-state index in [4.69, 9.17) is 5.73 Å². The highest BCUT2D eigenvalue weighted by Crippen LogP contribution is 2.19. The third kappa shape index (κ3) is 1.62. The zero-order valence-corrected chi connectivity index (χ0v) is 9.45. The number of aromatic nitrogens is 3. The second-order valence-electron chi connectivity index (χ2n) is 3.89. The van der Waals surface area contributed by atoms with Gasteiger partial charge in [-0.25, -0.2) is 9.97 Å². The van der Waals surface area contributed by atoms with Gasteiger partial charge >= 0.3 is 0 Å². The molecule has 88 valence electrons. The smallest absolute Gasteiger partial charge is 0.252 e. The van der Waals surface area contributed by atoms with Crippen molar-refractivity contribution in [2.45, 2.75) is 0 Å². The minimum Gasteiger partial charge on any atom is -0.365 e. The summed E-state index contributed by atoms with van der Waals surface area (Å²) in [5, 5.41) is 0.884. The fourth-order valence-corrected chi connectivity index (χ4v) is 1.87. The molecule has 0 atom stereocenters. The molecule has 3 rings (SSSR count). The largest absolute Gasteiger partial charge is 0.365 e. The Hall–Kier alpha value is -2.69. The first-order valence-corrected chi connectivity index (χ1v) is 5.43. The summed E-state index contributed by atoms with van der Waals surface area (Å²) in [4.78, 5) is 19.9. The van der Waals surface area contributed by atoms with Crippen molar-refractivity contribution < 1.29 is 4.79 Å². The van der Waals surface area contributed by atoms with E-state index in [2.05, 4.69) is 9.97 Å². The maximum atomic E-state index is 11.5. The van der Waals surface area contributed by atoms with Gasteiger partial charge in [-0.15, -0.1) is 0 Å². The molecule has 1 aromatic carbocycles. The molecule has 0 aliphatic rings. The Balaban J connectivity index is 2.34. The number of hydrogen-bond acceptors (Lipinski definition) is 3. The van der Waals surface area contributed by atoms with Crippen LogP contribution < -0.4 is 5.73 Å². The Kier molecular flexibility index (Phi) is 2.30. The van der Waals surface area contributed by atoms with Crippen LogP contribution in [0.4, 0.5) is 0 Å². The van der Waals surface area contributed by atoms with E-state index in [0.717, 1.165) is 10.9 Å². The van der Waals surface area contributed by atoms with Crippen LogP contribution in [0.5, 0.6) is 0 Å². The van der Waals surface area contributed by atoms with Crippen LogP contribution >= 0.6 is 0 Å². The third-order valence-electron chi connectivity index (χ3n) is 2.72. The monoisotopic (exact) mass is 238 g/mol. The van der Waals surface area contributed by atoms with Gasteiger partial charge in [-0.2, -0.15) is 0 Å². The number of hydrogen-bond donors (Lipinski definition) is 1. The molecule has 0 spiro atoms. The minimum absolute atomic E-state index is 0.381. The number of carbonyl (C=O) groups is 1. The molecule has 0 aliphatic heterocycles. The van der Waals surface area contributed by atoms with Crippen LogP contribution in [-0.4, -0.2) is 20.4 Å². The summed E-state index contributed by atoms with van der Waals surface area (Å²) in [7, 11) is 0. The lowest BCUT2D eigenvalue weighted by Crippen LogP contribution is -2.15. The summed E-state index contributed by atoms with van der Waals surface area (Å²) >= 11 is 0. The lowest BCUT2D eigenvalue weighted by Gasteiger charge is -2.08. The minimum atomic E-state index is -0.503. The first-order chi connectivity index (χ1) is 8.75. The number of nitrogens with two attached hydrogens (primary N) is 1. The van der Waals surface area contributed by atoms with Crippen LogP contribution in [0.1, 0.15) is 10.4 Å². The molecular weight excluding hydrogens is 228 g/mol. The van der Waals surface area contributed by atoms with E-state index < -0.39 is 5.91 Å². The molecule has 0 saturated carbocycles. The molecule has 0 unspecified atom stereocenters. The van der Waals surface area contributed by atoms with E-state index >= 15 is 0 Å². The lowest BCUT2D eigenvalue weighted by molar-refractivity contribution is 0.1000. The summed E-state index contributed by atoms with van der Waals surface area (Å²) in [5.74, 6) is -0.00402. The van der Waals surface area contributed by atoms with Crippen LogP contribution in [0.2, 0.25) is 0 Å². The number of carbonyl (C=O) groups excluding carboxylic acids is 1. The van der Waals surface area contributed by atoms with Crippen molar-refractivity contribution >= 4 is 16.8 Å². The van der Waals surface area contributed by atoms with Crippen molar-refractivity contribution in [3.8, 4) is 5.82 Å². The van der Waals surface area contributed by atoms with E-state index in [-0.39, 0.29) is 0 Å². The van der Waals surface area contributed by atoms with Crippen LogP contribution in [0.25, 0.3) is 16.7 Å². The molecule has 5 heteroatoms. The number of primary amides is 1. The van der Waals surface area contributed by atoms with Gasteiger partial charge in [0, 0.05) is 17.8 Å². The molecule has 5 nitrogen and oxygen atoms in total. The number of pyridine rings is 1. The standard InChI is InChI=1S/C13H10N4O/c14-12(18)10-7-9-3-1-2-4-11(9)16-13(10)17-6-5-15-8-17/h1-8H,(H2,14,18). The van der Waals surface area contributed by atoms with Crippen LogP contribution in [0.15, 0.2) is 49.1 Å².